The molecule has 0 aliphatic rings. The summed E-state index contributed by atoms with van der Waals surface area (Å²) in [6.07, 6.45) is 7.34. The molecular weight excluding hydrogens is 522 g/mol. The first-order chi connectivity index (χ1) is 17.8. The molecule has 204 valence electrons. The quantitative estimate of drug-likeness (QED) is 0.291. The summed E-state index contributed by atoms with van der Waals surface area (Å²) in [5.41, 5.74) is 2.68. The van der Waals surface area contributed by atoms with Gasteiger partial charge in [0.2, 0.25) is 0 Å². The molecule has 0 radical (unpaired) electrons. The molecule has 0 aliphatic heterocycles. The molecule has 2 aromatic rings. The lowest BCUT2D eigenvalue weighted by Gasteiger charge is -2.31. The molecule has 0 saturated carbocycles. The van der Waals surface area contributed by atoms with E-state index in [9.17, 15) is 14.4 Å². The van der Waals surface area contributed by atoms with Gasteiger partial charge in [-0.1, -0.05) is 53.9 Å². The smallest absolute Gasteiger partial charge is 0.408 e. The number of rotatable bonds is 9. The molecule has 0 heterocycles. The molecule has 38 heavy (non-hydrogen) atoms. The van der Waals surface area contributed by atoms with Gasteiger partial charge < -0.3 is 15.4 Å². The van der Waals surface area contributed by atoms with Crippen LogP contribution in [0, 0.1) is 33.2 Å². The molecule has 2 N–H and O–H groups in total. The van der Waals surface area contributed by atoms with Gasteiger partial charge in [0.15, 0.2) is 0 Å². The molecule has 7 nitrogen and oxygen atoms in total. The van der Waals surface area contributed by atoms with Crippen LogP contribution in [0.5, 0.6) is 0 Å². The summed E-state index contributed by atoms with van der Waals surface area (Å²) in [4.78, 5) is 41.4. The minimum Gasteiger partial charge on any atom is -0.444 e. The number of carbonyl (C=O) groups excluding carboxylic acids is 3. The number of nitrogens with one attached hydrogen (secondary N) is 2. The maximum Gasteiger partial charge on any atom is 0.408 e. The van der Waals surface area contributed by atoms with Gasteiger partial charge in [-0.05, 0) is 82.7 Å². The van der Waals surface area contributed by atoms with Crippen molar-refractivity contribution in [2.45, 2.75) is 65.6 Å². The standard InChI is InChI=1S/C29H36ClN3O4S/c1-9-33(27(35)23(15-16-38-8)31-28(36)37-29(5,6)7)25(21-17-18(2)13-14-19(21)3)26(34)32-24-20(4)11-10-12-22(24)30/h1,10-14,17,23,25H,15-16H2,2-8H3,(H,31,36)(H,32,34). The molecule has 2 atom stereocenters. The molecule has 0 aromatic heterocycles. The van der Waals surface area contributed by atoms with E-state index in [-0.39, 0.29) is 0 Å². The maximum absolute atomic E-state index is 13.9. The number of carbonyl (C=O) groups is 3. The van der Waals surface area contributed by atoms with E-state index in [0.29, 0.717) is 28.4 Å². The Morgan fingerprint density at radius 1 is 1.13 bits per heavy atom. The van der Waals surface area contributed by atoms with Crippen LogP contribution in [-0.4, -0.2) is 46.5 Å². The normalized spacial score (nSPS) is 12.6. The van der Waals surface area contributed by atoms with Gasteiger partial charge >= 0.3 is 6.09 Å². The molecule has 2 unspecified atom stereocenters. The second kappa shape index (κ2) is 13.6. The van der Waals surface area contributed by atoms with Crippen LogP contribution in [-0.2, 0) is 14.3 Å². The Morgan fingerprint density at radius 3 is 2.39 bits per heavy atom. The van der Waals surface area contributed by atoms with Crippen LogP contribution in [0.4, 0.5) is 10.5 Å². The summed E-state index contributed by atoms with van der Waals surface area (Å²) in [6.45, 7) is 10.8. The number of hydrogen-bond acceptors (Lipinski definition) is 5. The van der Waals surface area contributed by atoms with E-state index in [4.69, 9.17) is 22.8 Å². The average molecular weight is 558 g/mol. The molecule has 0 fully saturated rings. The summed E-state index contributed by atoms with van der Waals surface area (Å²) >= 11 is 7.89. The summed E-state index contributed by atoms with van der Waals surface area (Å²) in [5.74, 6) is -0.546. The van der Waals surface area contributed by atoms with E-state index in [2.05, 4.69) is 16.7 Å². The number of amides is 3. The van der Waals surface area contributed by atoms with Crippen molar-refractivity contribution in [3.05, 3.63) is 63.7 Å². The first-order valence-electron chi connectivity index (χ1n) is 12.2. The summed E-state index contributed by atoms with van der Waals surface area (Å²) in [6, 6.07) is 11.1. The molecule has 2 rings (SSSR count). The van der Waals surface area contributed by atoms with Crippen molar-refractivity contribution in [1.29, 1.82) is 0 Å². The van der Waals surface area contributed by atoms with Gasteiger partial charge in [-0.2, -0.15) is 11.8 Å². The van der Waals surface area contributed by atoms with Crippen LogP contribution in [0.15, 0.2) is 36.4 Å². The van der Waals surface area contributed by atoms with Gasteiger partial charge in [-0.25, -0.2) is 4.79 Å². The second-order valence-electron chi connectivity index (χ2n) is 10.0. The number of alkyl carbamates (subject to hydrolysis) is 1. The van der Waals surface area contributed by atoms with Gasteiger partial charge in [0.25, 0.3) is 11.8 Å². The highest BCUT2D eigenvalue weighted by Crippen LogP contribution is 2.31. The Balaban J connectivity index is 2.55. The number of benzene rings is 2. The molecule has 0 spiro atoms. The number of thioether (sulfide) groups is 1. The number of anilines is 1. The number of para-hydroxylation sites is 1. The zero-order chi connectivity index (χ0) is 28.6. The fourth-order valence-electron chi connectivity index (χ4n) is 3.81. The Hall–Kier alpha value is -3.15. The Kier molecular flexibility index (Phi) is 11.1. The second-order valence-corrected chi connectivity index (χ2v) is 11.4. The van der Waals surface area contributed by atoms with E-state index in [1.54, 1.807) is 32.9 Å². The van der Waals surface area contributed by atoms with Crippen molar-refractivity contribution in [3.63, 3.8) is 0 Å². The fraction of sp³-hybridized carbons (Fsp3) is 0.414. The molecule has 9 heteroatoms. The Morgan fingerprint density at radius 2 is 1.82 bits per heavy atom. The van der Waals surface area contributed by atoms with E-state index >= 15 is 0 Å². The molecular formula is C29H36ClN3O4S. The zero-order valence-corrected chi connectivity index (χ0v) is 24.5. The molecule has 0 bridgehead atoms. The van der Waals surface area contributed by atoms with E-state index in [1.165, 1.54) is 11.8 Å². The summed E-state index contributed by atoms with van der Waals surface area (Å²) in [5, 5.41) is 5.88. The third kappa shape index (κ3) is 8.44. The predicted octanol–water partition coefficient (Wildman–Crippen LogP) is 6.01. The number of hydrogen-bond donors (Lipinski definition) is 2. The van der Waals surface area contributed by atoms with Crippen LogP contribution < -0.4 is 10.6 Å². The van der Waals surface area contributed by atoms with E-state index in [0.717, 1.165) is 21.6 Å². The number of terminal acetylenes is 1. The van der Waals surface area contributed by atoms with Crippen molar-refractivity contribution < 1.29 is 19.1 Å². The first kappa shape index (κ1) is 31.1. The van der Waals surface area contributed by atoms with Crippen LogP contribution >= 0.6 is 23.4 Å². The SMILES string of the molecule is C#CN(C(=O)C(CCSC)NC(=O)OC(C)(C)C)C(C(=O)Nc1c(C)cccc1Cl)c1cc(C)ccc1C. The molecule has 2 aromatic carbocycles. The van der Waals surface area contributed by atoms with Gasteiger partial charge in [0.05, 0.1) is 10.7 Å². The van der Waals surface area contributed by atoms with Crippen LogP contribution in [0.25, 0.3) is 0 Å². The lowest BCUT2D eigenvalue weighted by atomic mass is 9.96. The zero-order valence-electron chi connectivity index (χ0n) is 23.0. The van der Waals surface area contributed by atoms with Gasteiger partial charge in [0.1, 0.15) is 17.7 Å². The van der Waals surface area contributed by atoms with Gasteiger partial charge in [-0.3, -0.25) is 14.5 Å². The molecule has 0 saturated heterocycles. The van der Waals surface area contributed by atoms with Crippen molar-refractivity contribution >= 4 is 47.0 Å². The number of ether oxygens (including phenoxy) is 1. The fourth-order valence-corrected chi connectivity index (χ4v) is 4.55. The summed E-state index contributed by atoms with van der Waals surface area (Å²) in [7, 11) is 0. The minimum absolute atomic E-state index is 0.294. The topological polar surface area (TPSA) is 87.7 Å². The summed E-state index contributed by atoms with van der Waals surface area (Å²) < 4.78 is 5.37. The first-order valence-corrected chi connectivity index (χ1v) is 14.0. The highest BCUT2D eigenvalue weighted by Gasteiger charge is 2.37. The predicted molar refractivity (Wildman–Crippen MR) is 155 cm³/mol. The molecule has 0 aliphatic carbocycles. The molecule has 3 amide bonds. The van der Waals surface area contributed by atoms with Crippen molar-refractivity contribution in [3.8, 4) is 12.5 Å². The van der Waals surface area contributed by atoms with E-state index < -0.39 is 35.6 Å². The maximum atomic E-state index is 13.9. The lowest BCUT2D eigenvalue weighted by Crippen LogP contribution is -2.51. The monoisotopic (exact) mass is 557 g/mol. The van der Waals surface area contributed by atoms with Gasteiger partial charge in [0, 0.05) is 6.04 Å². The number of halogens is 1. The minimum atomic E-state index is -1.18. The lowest BCUT2D eigenvalue weighted by molar-refractivity contribution is -0.136. The van der Waals surface area contributed by atoms with Crippen LogP contribution in [0.1, 0.15) is 55.5 Å². The van der Waals surface area contributed by atoms with Crippen molar-refractivity contribution in [2.24, 2.45) is 0 Å². The Bertz CT molecular complexity index is 1200. The van der Waals surface area contributed by atoms with Crippen LogP contribution in [0.3, 0.4) is 0 Å². The Labute approximate surface area is 235 Å². The highest BCUT2D eigenvalue weighted by atomic mass is 35.5. The van der Waals surface area contributed by atoms with Gasteiger partial charge in [-0.15, -0.1) is 0 Å². The number of aryl methyl sites for hydroxylation is 3. The van der Waals surface area contributed by atoms with E-state index in [1.807, 2.05) is 51.3 Å². The third-order valence-corrected chi connectivity index (χ3v) is 6.64. The number of nitrogens with zero attached hydrogens (tertiary/aromatic N) is 1. The van der Waals surface area contributed by atoms with Crippen molar-refractivity contribution in [2.75, 3.05) is 17.3 Å². The average Bonchev–Trinajstić information content (AvgIpc) is 2.82. The van der Waals surface area contributed by atoms with Crippen molar-refractivity contribution in [1.82, 2.24) is 10.2 Å². The highest BCUT2D eigenvalue weighted by molar-refractivity contribution is 7.98. The third-order valence-electron chi connectivity index (χ3n) is 5.68. The van der Waals surface area contributed by atoms with Crippen LogP contribution in [0.2, 0.25) is 5.02 Å². The largest absolute Gasteiger partial charge is 0.444 e.